The van der Waals surface area contributed by atoms with Gasteiger partial charge >= 0.3 is 0 Å². The van der Waals surface area contributed by atoms with Crippen LogP contribution < -0.4 is 10.9 Å². The van der Waals surface area contributed by atoms with Crippen LogP contribution in [-0.4, -0.2) is 32.5 Å². The number of aryl methyl sites for hydroxylation is 1. The molecule has 1 amide bonds. The number of hydrogen-bond acceptors (Lipinski definition) is 5. The first-order chi connectivity index (χ1) is 9.72. The van der Waals surface area contributed by atoms with Crippen LogP contribution in [-0.2, 0) is 0 Å². The molecule has 2 rings (SSSR count). The van der Waals surface area contributed by atoms with Gasteiger partial charge < -0.3 is 10.4 Å². The molecule has 0 saturated heterocycles. The number of nitrogens with one attached hydrogen (secondary N) is 1. The third kappa shape index (κ3) is 3.14. The molecule has 0 radical (unpaired) electrons. The summed E-state index contributed by atoms with van der Waals surface area (Å²) < 4.78 is 1.37. The van der Waals surface area contributed by atoms with Crippen LogP contribution in [0.2, 0.25) is 0 Å². The van der Waals surface area contributed by atoms with Crippen LogP contribution in [0.1, 0.15) is 36.0 Å². The number of thiazole rings is 1. The number of carbonyl (C=O) groups excluding carboxylic acids is 1. The van der Waals surface area contributed by atoms with Gasteiger partial charge in [-0.25, -0.2) is 4.98 Å². The summed E-state index contributed by atoms with van der Waals surface area (Å²) in [6.45, 7) is 7.33. The van der Waals surface area contributed by atoms with Crippen LogP contribution >= 0.6 is 11.3 Å². The Bertz CT molecular complexity index is 731. The minimum absolute atomic E-state index is 0.0148. The van der Waals surface area contributed by atoms with Gasteiger partial charge in [0.1, 0.15) is 5.56 Å². The van der Waals surface area contributed by atoms with Crippen molar-refractivity contribution in [3.05, 3.63) is 33.2 Å². The summed E-state index contributed by atoms with van der Waals surface area (Å²) in [4.78, 5) is 30.0. The lowest BCUT2D eigenvalue weighted by atomic mass is 9.92. The Morgan fingerprint density at radius 2 is 2.24 bits per heavy atom. The molecule has 0 aliphatic carbocycles. The first-order valence-corrected chi connectivity index (χ1v) is 7.52. The maximum atomic E-state index is 12.2. The fourth-order valence-corrected chi connectivity index (χ4v) is 2.50. The Morgan fingerprint density at radius 1 is 1.57 bits per heavy atom. The van der Waals surface area contributed by atoms with Gasteiger partial charge in [0.05, 0.1) is 5.60 Å². The van der Waals surface area contributed by atoms with Crippen molar-refractivity contribution in [3.8, 4) is 0 Å². The smallest absolute Gasteiger partial charge is 0.271 e. The van der Waals surface area contributed by atoms with Crippen molar-refractivity contribution < 1.29 is 9.90 Å². The quantitative estimate of drug-likeness (QED) is 0.889. The van der Waals surface area contributed by atoms with E-state index in [0.717, 1.165) is 4.88 Å². The van der Waals surface area contributed by atoms with E-state index in [-0.39, 0.29) is 18.0 Å². The molecule has 2 aromatic heterocycles. The second-order valence-corrected chi connectivity index (χ2v) is 6.88. The molecule has 1 atom stereocenters. The van der Waals surface area contributed by atoms with E-state index in [4.69, 9.17) is 0 Å². The predicted octanol–water partition coefficient (Wildman–Crippen LogP) is 1.20. The SMILES string of the molecule is Cc1cn2c(=O)c(C(=O)NCC(C)(O)C(C)C)cnc2s1. The summed E-state index contributed by atoms with van der Waals surface area (Å²) in [7, 11) is 0. The van der Waals surface area contributed by atoms with Gasteiger partial charge in [-0.3, -0.25) is 14.0 Å². The summed E-state index contributed by atoms with van der Waals surface area (Å²) in [5.74, 6) is -0.536. The molecule has 0 saturated carbocycles. The van der Waals surface area contributed by atoms with Gasteiger partial charge in [-0.05, 0) is 19.8 Å². The normalized spacial score (nSPS) is 14.4. The van der Waals surface area contributed by atoms with Crippen molar-refractivity contribution in [1.29, 1.82) is 0 Å². The summed E-state index contributed by atoms with van der Waals surface area (Å²) in [5.41, 5.74) is -1.45. The lowest BCUT2D eigenvalue weighted by Gasteiger charge is -2.27. The summed E-state index contributed by atoms with van der Waals surface area (Å²) in [5, 5.41) is 12.7. The zero-order valence-corrected chi connectivity index (χ0v) is 13.3. The van der Waals surface area contributed by atoms with E-state index in [1.165, 1.54) is 21.9 Å². The van der Waals surface area contributed by atoms with Crippen molar-refractivity contribution in [1.82, 2.24) is 14.7 Å². The molecule has 0 aromatic carbocycles. The van der Waals surface area contributed by atoms with E-state index in [1.54, 1.807) is 13.1 Å². The molecule has 0 aliphatic rings. The molecular formula is C14H19N3O3S. The molecule has 7 heteroatoms. The van der Waals surface area contributed by atoms with Crippen molar-refractivity contribution in [3.63, 3.8) is 0 Å². The monoisotopic (exact) mass is 309 g/mol. The number of aromatic nitrogens is 2. The van der Waals surface area contributed by atoms with Gasteiger partial charge in [-0.1, -0.05) is 13.8 Å². The Hall–Kier alpha value is -1.73. The van der Waals surface area contributed by atoms with Gasteiger partial charge in [0.2, 0.25) is 0 Å². The topological polar surface area (TPSA) is 83.7 Å². The lowest BCUT2D eigenvalue weighted by molar-refractivity contribution is 0.0142. The van der Waals surface area contributed by atoms with Crippen molar-refractivity contribution >= 4 is 22.2 Å². The average molecular weight is 309 g/mol. The van der Waals surface area contributed by atoms with E-state index < -0.39 is 17.1 Å². The van der Waals surface area contributed by atoms with E-state index in [0.29, 0.717) is 4.96 Å². The third-order valence-corrected chi connectivity index (χ3v) is 4.53. The highest BCUT2D eigenvalue weighted by Gasteiger charge is 2.26. The van der Waals surface area contributed by atoms with Gasteiger partial charge in [-0.2, -0.15) is 0 Å². The van der Waals surface area contributed by atoms with Crippen LogP contribution in [0.25, 0.3) is 4.96 Å². The minimum Gasteiger partial charge on any atom is -0.388 e. The number of rotatable bonds is 4. The zero-order chi connectivity index (χ0) is 15.8. The summed E-state index contributed by atoms with van der Waals surface area (Å²) in [6, 6.07) is 0. The summed E-state index contributed by atoms with van der Waals surface area (Å²) >= 11 is 1.39. The predicted molar refractivity (Wildman–Crippen MR) is 81.9 cm³/mol. The van der Waals surface area contributed by atoms with Gasteiger partial charge in [0.15, 0.2) is 4.96 Å². The molecule has 0 bridgehead atoms. The van der Waals surface area contributed by atoms with Gasteiger partial charge in [0, 0.05) is 23.8 Å². The third-order valence-electron chi connectivity index (χ3n) is 3.62. The number of aliphatic hydroxyl groups is 1. The first kappa shape index (κ1) is 15.7. The highest BCUT2D eigenvalue weighted by Crippen LogP contribution is 2.15. The van der Waals surface area contributed by atoms with Crippen LogP contribution in [0.15, 0.2) is 17.2 Å². The Kier molecular flexibility index (Phi) is 4.15. The van der Waals surface area contributed by atoms with Crippen LogP contribution in [0, 0.1) is 12.8 Å². The Labute approximate surface area is 126 Å². The molecule has 0 aliphatic heterocycles. The molecule has 0 fully saturated rings. The number of nitrogens with zero attached hydrogens (tertiary/aromatic N) is 2. The second-order valence-electron chi connectivity index (χ2n) is 5.67. The highest BCUT2D eigenvalue weighted by molar-refractivity contribution is 7.16. The van der Waals surface area contributed by atoms with Crippen molar-refractivity contribution in [2.45, 2.75) is 33.3 Å². The minimum atomic E-state index is -1.03. The van der Waals surface area contributed by atoms with Gasteiger partial charge in [0.25, 0.3) is 11.5 Å². The summed E-state index contributed by atoms with van der Waals surface area (Å²) in [6.07, 6.45) is 2.95. The van der Waals surface area contributed by atoms with E-state index in [2.05, 4.69) is 10.3 Å². The molecule has 1 unspecified atom stereocenters. The molecule has 21 heavy (non-hydrogen) atoms. The Balaban J connectivity index is 2.24. The molecule has 2 N–H and O–H groups in total. The fraction of sp³-hybridized carbons (Fsp3) is 0.500. The van der Waals surface area contributed by atoms with E-state index in [9.17, 15) is 14.7 Å². The highest BCUT2D eigenvalue weighted by atomic mass is 32.1. The molecule has 114 valence electrons. The average Bonchev–Trinajstić information content (AvgIpc) is 2.78. The fourth-order valence-electron chi connectivity index (χ4n) is 1.71. The van der Waals surface area contributed by atoms with E-state index in [1.807, 2.05) is 20.8 Å². The standard InChI is InChI=1S/C14H19N3O3S/c1-8(2)14(4,20)7-16-11(18)10-5-15-13-17(12(10)19)6-9(3)21-13/h5-6,8,20H,7H2,1-4H3,(H,16,18). The lowest BCUT2D eigenvalue weighted by Crippen LogP contribution is -2.45. The second kappa shape index (κ2) is 5.57. The molecule has 0 spiro atoms. The number of fused-ring (bicyclic) bond motifs is 1. The number of carbonyl (C=O) groups is 1. The number of amides is 1. The Morgan fingerprint density at radius 3 is 2.86 bits per heavy atom. The maximum Gasteiger partial charge on any atom is 0.271 e. The van der Waals surface area contributed by atoms with Crippen LogP contribution in [0.4, 0.5) is 0 Å². The largest absolute Gasteiger partial charge is 0.388 e. The molecular weight excluding hydrogens is 290 g/mol. The molecule has 2 heterocycles. The van der Waals surface area contributed by atoms with Crippen LogP contribution in [0.5, 0.6) is 0 Å². The van der Waals surface area contributed by atoms with Gasteiger partial charge in [-0.15, -0.1) is 11.3 Å². The molecule has 6 nitrogen and oxygen atoms in total. The van der Waals surface area contributed by atoms with Crippen molar-refractivity contribution in [2.75, 3.05) is 6.54 Å². The zero-order valence-electron chi connectivity index (χ0n) is 12.5. The van der Waals surface area contributed by atoms with E-state index >= 15 is 0 Å². The van der Waals surface area contributed by atoms with Crippen LogP contribution in [0.3, 0.4) is 0 Å². The first-order valence-electron chi connectivity index (χ1n) is 6.71. The number of hydrogen-bond donors (Lipinski definition) is 2. The maximum absolute atomic E-state index is 12.2. The van der Waals surface area contributed by atoms with Crippen molar-refractivity contribution in [2.24, 2.45) is 5.92 Å². The molecule has 2 aromatic rings.